The average Bonchev–Trinajstić information content (AvgIpc) is 3.10. The molecule has 3 N–H and O–H groups in total. The number of thiophene rings is 1. The minimum atomic E-state index is -1.05. The van der Waals surface area contributed by atoms with Crippen molar-refractivity contribution in [3.63, 3.8) is 0 Å². The van der Waals surface area contributed by atoms with Crippen LogP contribution in [0.25, 0.3) is 10.4 Å². The number of carbonyl (C=O) groups is 4. The zero-order valence-electron chi connectivity index (χ0n) is 15.1. The molecule has 28 heavy (non-hydrogen) atoms. The first-order chi connectivity index (χ1) is 13.3. The number of carbonyl (C=O) groups excluding carboxylic acids is 4. The molecule has 1 aromatic heterocycles. The number of anilines is 1. The van der Waals surface area contributed by atoms with Gasteiger partial charge in [0.1, 0.15) is 10.6 Å². The molecule has 10 heteroatoms. The van der Waals surface area contributed by atoms with Crippen LogP contribution in [0.5, 0.6) is 5.75 Å². The number of amides is 2. The molecule has 148 valence electrons. The Hall–Kier alpha value is -3.40. The number of hydrogen-bond acceptors (Lipinski definition) is 8. The monoisotopic (exact) mass is 406 g/mol. The first-order valence-corrected chi connectivity index (χ1v) is 8.89. The van der Waals surface area contributed by atoms with Crippen LogP contribution in [0.1, 0.15) is 16.6 Å². The summed E-state index contributed by atoms with van der Waals surface area (Å²) in [7, 11) is 1.21. The summed E-state index contributed by atoms with van der Waals surface area (Å²) in [4.78, 5) is 47.0. The topological polar surface area (TPSA) is 134 Å². The minimum Gasteiger partial charge on any atom is -0.484 e. The number of methoxy groups -OCH3 is 1. The van der Waals surface area contributed by atoms with Crippen LogP contribution in [-0.4, -0.2) is 44.1 Å². The number of esters is 2. The number of ether oxygens (including phenoxy) is 3. The van der Waals surface area contributed by atoms with Crippen LogP contribution in [0.2, 0.25) is 0 Å². The molecule has 0 aliphatic carbocycles. The zero-order chi connectivity index (χ0) is 20.7. The number of primary amides is 1. The first-order valence-electron chi connectivity index (χ1n) is 8.07. The summed E-state index contributed by atoms with van der Waals surface area (Å²) in [6, 6.07) is 8.23. The van der Waals surface area contributed by atoms with Crippen LogP contribution in [-0.2, 0) is 23.9 Å². The number of rotatable bonds is 7. The van der Waals surface area contributed by atoms with E-state index in [4.69, 9.17) is 15.2 Å². The van der Waals surface area contributed by atoms with Gasteiger partial charge in [-0.2, -0.15) is 0 Å². The lowest BCUT2D eigenvalue weighted by molar-refractivity contribution is -0.152. The first kappa shape index (κ1) is 20.9. The number of nitrogens with two attached hydrogens (primary N) is 1. The van der Waals surface area contributed by atoms with Gasteiger partial charge in [0.2, 0.25) is 0 Å². The van der Waals surface area contributed by atoms with Gasteiger partial charge in [-0.05, 0) is 42.8 Å². The molecule has 0 atom stereocenters. The maximum absolute atomic E-state index is 12.0. The summed E-state index contributed by atoms with van der Waals surface area (Å²) in [6.07, 6.45) is 0. The Morgan fingerprint density at radius 2 is 1.82 bits per heavy atom. The van der Waals surface area contributed by atoms with E-state index in [9.17, 15) is 19.2 Å². The minimum absolute atomic E-state index is 0.0508. The van der Waals surface area contributed by atoms with Crippen molar-refractivity contribution in [2.24, 2.45) is 5.73 Å². The van der Waals surface area contributed by atoms with Crippen molar-refractivity contribution < 1.29 is 33.4 Å². The van der Waals surface area contributed by atoms with E-state index in [1.807, 2.05) is 0 Å². The van der Waals surface area contributed by atoms with Crippen LogP contribution in [0.15, 0.2) is 30.3 Å². The van der Waals surface area contributed by atoms with E-state index in [1.165, 1.54) is 7.11 Å². The smallest absolute Gasteiger partial charge is 0.397 e. The highest BCUT2D eigenvalue weighted by molar-refractivity contribution is 7.18. The van der Waals surface area contributed by atoms with Crippen molar-refractivity contribution in [1.29, 1.82) is 0 Å². The van der Waals surface area contributed by atoms with Crippen molar-refractivity contribution in [3.8, 4) is 16.2 Å². The summed E-state index contributed by atoms with van der Waals surface area (Å²) >= 11 is 1.08. The van der Waals surface area contributed by atoms with E-state index in [0.717, 1.165) is 16.9 Å². The third-order valence-corrected chi connectivity index (χ3v) is 4.50. The Balaban J connectivity index is 2.27. The lowest BCUT2D eigenvalue weighted by Crippen LogP contribution is -2.25. The average molecular weight is 406 g/mol. The van der Waals surface area contributed by atoms with Gasteiger partial charge in [-0.25, -0.2) is 9.59 Å². The third-order valence-electron chi connectivity index (χ3n) is 3.33. The maximum atomic E-state index is 12.0. The fourth-order valence-electron chi connectivity index (χ4n) is 2.11. The van der Waals surface area contributed by atoms with Gasteiger partial charge in [0.15, 0.2) is 6.61 Å². The number of benzene rings is 1. The SMILES string of the molecule is CCOC(=O)C(=O)Nc1cc(-c2ccc(OCC(N)=O)cc2)sc1C(=O)OC. The van der Waals surface area contributed by atoms with E-state index in [0.29, 0.717) is 10.6 Å². The molecular formula is C18H18N2O7S. The highest BCUT2D eigenvalue weighted by Gasteiger charge is 2.22. The van der Waals surface area contributed by atoms with E-state index in [-0.39, 0.29) is 23.8 Å². The predicted octanol–water partition coefficient (Wildman–Crippen LogP) is 1.57. The third kappa shape index (κ3) is 5.30. The molecule has 1 aromatic carbocycles. The molecule has 0 saturated carbocycles. The van der Waals surface area contributed by atoms with Crippen LogP contribution >= 0.6 is 11.3 Å². The van der Waals surface area contributed by atoms with Gasteiger partial charge in [-0.1, -0.05) is 0 Å². The molecule has 2 amide bonds. The highest BCUT2D eigenvalue weighted by atomic mass is 32.1. The van der Waals surface area contributed by atoms with Gasteiger partial charge >= 0.3 is 17.8 Å². The molecular weight excluding hydrogens is 388 g/mol. The normalized spacial score (nSPS) is 10.1. The quantitative estimate of drug-likeness (QED) is 0.526. The Bertz CT molecular complexity index is 890. The molecule has 0 unspecified atom stereocenters. The molecule has 0 fully saturated rings. The molecule has 0 aliphatic heterocycles. The summed E-state index contributed by atoms with van der Waals surface area (Å²) in [6.45, 7) is 1.38. The van der Waals surface area contributed by atoms with E-state index in [1.54, 1.807) is 37.3 Å². The Kier molecular flexibility index (Phi) is 7.10. The van der Waals surface area contributed by atoms with Crippen molar-refractivity contribution in [3.05, 3.63) is 35.2 Å². The summed E-state index contributed by atoms with van der Waals surface area (Å²) in [5, 5.41) is 2.36. The molecule has 0 aliphatic rings. The second-order valence-corrected chi connectivity index (χ2v) is 6.35. The lowest BCUT2D eigenvalue weighted by atomic mass is 10.2. The Labute approximate surface area is 164 Å². The van der Waals surface area contributed by atoms with Gasteiger partial charge < -0.3 is 25.3 Å². The van der Waals surface area contributed by atoms with Crippen molar-refractivity contribution in [1.82, 2.24) is 0 Å². The van der Waals surface area contributed by atoms with Crippen LogP contribution in [0.3, 0.4) is 0 Å². The molecule has 2 aromatic rings. The summed E-state index contributed by atoms with van der Waals surface area (Å²) in [5.41, 5.74) is 5.89. The van der Waals surface area contributed by atoms with E-state index in [2.05, 4.69) is 10.1 Å². The zero-order valence-corrected chi connectivity index (χ0v) is 16.0. The van der Waals surface area contributed by atoms with Gasteiger partial charge in [-0.3, -0.25) is 9.59 Å². The van der Waals surface area contributed by atoms with Gasteiger partial charge in [0, 0.05) is 4.88 Å². The maximum Gasteiger partial charge on any atom is 0.397 e. The molecule has 2 rings (SSSR count). The fraction of sp³-hybridized carbons (Fsp3) is 0.222. The highest BCUT2D eigenvalue weighted by Crippen LogP contribution is 2.36. The van der Waals surface area contributed by atoms with E-state index < -0.39 is 23.8 Å². The van der Waals surface area contributed by atoms with Crippen LogP contribution < -0.4 is 15.8 Å². The van der Waals surface area contributed by atoms with Gasteiger partial charge in [-0.15, -0.1) is 11.3 Å². The second kappa shape index (κ2) is 9.51. The Morgan fingerprint density at radius 1 is 1.14 bits per heavy atom. The summed E-state index contributed by atoms with van der Waals surface area (Å²) < 4.78 is 14.6. The van der Waals surface area contributed by atoms with Gasteiger partial charge in [0.05, 0.1) is 19.4 Å². The molecule has 0 saturated heterocycles. The summed E-state index contributed by atoms with van der Waals surface area (Å²) in [5.74, 6) is -2.85. The largest absolute Gasteiger partial charge is 0.484 e. The Morgan fingerprint density at radius 3 is 2.39 bits per heavy atom. The molecule has 9 nitrogen and oxygen atoms in total. The number of hydrogen-bond donors (Lipinski definition) is 2. The van der Waals surface area contributed by atoms with Crippen LogP contribution in [0, 0.1) is 0 Å². The van der Waals surface area contributed by atoms with Crippen molar-refractivity contribution in [2.45, 2.75) is 6.92 Å². The van der Waals surface area contributed by atoms with Crippen LogP contribution in [0.4, 0.5) is 5.69 Å². The predicted molar refractivity (Wildman–Crippen MR) is 101 cm³/mol. The molecule has 0 spiro atoms. The van der Waals surface area contributed by atoms with Crippen molar-refractivity contribution in [2.75, 3.05) is 25.6 Å². The molecule has 0 radical (unpaired) electrons. The number of nitrogens with one attached hydrogen (secondary N) is 1. The standard InChI is InChI=1S/C18H18N2O7S/c1-3-26-18(24)16(22)20-12-8-13(28-15(12)17(23)25-2)10-4-6-11(7-5-10)27-9-14(19)21/h4-8H,3,9H2,1-2H3,(H2,19,21)(H,20,22). The van der Waals surface area contributed by atoms with E-state index >= 15 is 0 Å². The second-order valence-electron chi connectivity index (χ2n) is 5.30. The lowest BCUT2D eigenvalue weighted by Gasteiger charge is -2.04. The molecule has 0 bridgehead atoms. The van der Waals surface area contributed by atoms with Gasteiger partial charge in [0.25, 0.3) is 5.91 Å². The van der Waals surface area contributed by atoms with Crippen molar-refractivity contribution >= 4 is 40.8 Å². The molecule has 1 heterocycles. The fourth-order valence-corrected chi connectivity index (χ4v) is 3.15.